The summed E-state index contributed by atoms with van der Waals surface area (Å²) in [5, 5.41) is 4.36. The molecule has 0 unspecified atom stereocenters. The molecule has 1 heterocycles. The molecule has 28 heavy (non-hydrogen) atoms. The number of aromatic nitrogens is 2. The fourth-order valence-electron chi connectivity index (χ4n) is 2.87. The number of allylic oxidation sites excluding steroid dienone is 1. The summed E-state index contributed by atoms with van der Waals surface area (Å²) >= 11 is 0. The Balaban J connectivity index is 2.12. The lowest BCUT2D eigenvalue weighted by Crippen LogP contribution is -2.14. The number of benzene rings is 2. The Morgan fingerprint density at radius 3 is 2.57 bits per heavy atom. The Labute approximate surface area is 163 Å². The smallest absolute Gasteiger partial charge is 0.263 e. The molecular weight excluding hydrogens is 381 g/mol. The largest absolute Gasteiger partial charge is 0.494 e. The Morgan fingerprint density at radius 2 is 1.96 bits per heavy atom. The van der Waals surface area contributed by atoms with Gasteiger partial charge in [0.05, 0.1) is 18.6 Å². The lowest BCUT2D eigenvalue weighted by atomic mass is 10.1. The van der Waals surface area contributed by atoms with Gasteiger partial charge in [-0.1, -0.05) is 30.3 Å². The second kappa shape index (κ2) is 7.85. The summed E-state index contributed by atoms with van der Waals surface area (Å²) in [6, 6.07) is 12.4. The standard InChI is InChI=1S/C20H20FN3O3S/c1-4-12-24-14(2)19(15-10-11-18(27-3)17(21)13-15)20(22-24)23-28(25,26)16-8-6-5-7-9-16/h4-11,13H,1,12H2,2-3H3,(H,22,23). The van der Waals surface area contributed by atoms with Crippen LogP contribution in [-0.2, 0) is 16.6 Å². The molecule has 0 saturated heterocycles. The van der Waals surface area contributed by atoms with Crippen LogP contribution in [0, 0.1) is 12.7 Å². The molecule has 0 bridgehead atoms. The second-order valence-corrected chi connectivity index (χ2v) is 7.73. The third-order valence-electron chi connectivity index (χ3n) is 4.23. The van der Waals surface area contributed by atoms with Gasteiger partial charge in [0.25, 0.3) is 10.0 Å². The average Bonchev–Trinajstić information content (AvgIpc) is 2.97. The van der Waals surface area contributed by atoms with Gasteiger partial charge in [-0.25, -0.2) is 12.8 Å². The van der Waals surface area contributed by atoms with Crippen LogP contribution >= 0.6 is 0 Å². The number of anilines is 1. The Morgan fingerprint density at radius 1 is 1.25 bits per heavy atom. The van der Waals surface area contributed by atoms with E-state index in [1.165, 1.54) is 31.4 Å². The van der Waals surface area contributed by atoms with E-state index in [9.17, 15) is 12.8 Å². The molecule has 8 heteroatoms. The Bertz CT molecular complexity index is 1110. The van der Waals surface area contributed by atoms with Crippen LogP contribution in [-0.4, -0.2) is 25.3 Å². The third-order valence-corrected chi connectivity index (χ3v) is 5.59. The summed E-state index contributed by atoms with van der Waals surface area (Å²) in [4.78, 5) is 0.109. The van der Waals surface area contributed by atoms with E-state index in [0.29, 0.717) is 23.4 Å². The molecule has 0 aliphatic carbocycles. The minimum Gasteiger partial charge on any atom is -0.494 e. The van der Waals surface area contributed by atoms with Crippen molar-refractivity contribution in [1.82, 2.24) is 9.78 Å². The number of hydrogen-bond donors (Lipinski definition) is 1. The van der Waals surface area contributed by atoms with Crippen molar-refractivity contribution in [2.24, 2.45) is 0 Å². The normalized spacial score (nSPS) is 11.2. The van der Waals surface area contributed by atoms with Crippen molar-refractivity contribution in [3.63, 3.8) is 0 Å². The predicted octanol–water partition coefficient (Wildman–Crippen LogP) is 3.99. The fraction of sp³-hybridized carbons (Fsp3) is 0.150. The average molecular weight is 401 g/mol. The second-order valence-electron chi connectivity index (χ2n) is 6.05. The zero-order chi connectivity index (χ0) is 20.3. The number of nitrogens with one attached hydrogen (secondary N) is 1. The van der Waals surface area contributed by atoms with Gasteiger partial charge in [0, 0.05) is 11.3 Å². The fourth-order valence-corrected chi connectivity index (χ4v) is 3.90. The molecule has 0 fully saturated rings. The van der Waals surface area contributed by atoms with E-state index in [0.717, 1.165) is 0 Å². The summed E-state index contributed by atoms with van der Waals surface area (Å²) in [6.45, 7) is 5.86. The highest BCUT2D eigenvalue weighted by molar-refractivity contribution is 7.92. The first-order chi connectivity index (χ1) is 13.4. The highest BCUT2D eigenvalue weighted by Crippen LogP contribution is 2.34. The van der Waals surface area contributed by atoms with Crippen LogP contribution in [0.15, 0.2) is 66.1 Å². The Hall–Kier alpha value is -3.13. The number of halogens is 1. The molecular formula is C20H20FN3O3S. The Kier molecular flexibility index (Phi) is 5.51. The molecule has 3 rings (SSSR count). The first-order valence-corrected chi connectivity index (χ1v) is 9.95. The van der Waals surface area contributed by atoms with Crippen LogP contribution in [0.25, 0.3) is 11.1 Å². The van der Waals surface area contributed by atoms with Gasteiger partial charge in [-0.15, -0.1) is 6.58 Å². The summed E-state index contributed by atoms with van der Waals surface area (Å²) < 4.78 is 48.8. The maximum absolute atomic E-state index is 14.3. The molecule has 3 aromatic rings. The van der Waals surface area contributed by atoms with Gasteiger partial charge >= 0.3 is 0 Å². The van der Waals surface area contributed by atoms with Crippen LogP contribution in [0.2, 0.25) is 0 Å². The molecule has 6 nitrogen and oxygen atoms in total. The molecule has 0 spiro atoms. The zero-order valence-electron chi connectivity index (χ0n) is 15.5. The van der Waals surface area contributed by atoms with Crippen LogP contribution in [0.1, 0.15) is 5.69 Å². The van der Waals surface area contributed by atoms with Gasteiger partial charge in [0.2, 0.25) is 0 Å². The van der Waals surface area contributed by atoms with Crippen molar-refractivity contribution in [2.45, 2.75) is 18.4 Å². The predicted molar refractivity (Wildman–Crippen MR) is 106 cm³/mol. The number of hydrogen-bond acceptors (Lipinski definition) is 4. The van der Waals surface area contributed by atoms with E-state index in [1.54, 1.807) is 41.9 Å². The quantitative estimate of drug-likeness (QED) is 0.608. The summed E-state index contributed by atoms with van der Waals surface area (Å²) in [6.07, 6.45) is 1.65. The van der Waals surface area contributed by atoms with E-state index >= 15 is 0 Å². The number of ether oxygens (including phenoxy) is 1. The van der Waals surface area contributed by atoms with Gasteiger partial charge in [0.15, 0.2) is 17.4 Å². The van der Waals surface area contributed by atoms with Crippen molar-refractivity contribution in [2.75, 3.05) is 11.8 Å². The molecule has 0 amide bonds. The molecule has 1 aromatic heterocycles. The molecule has 0 saturated carbocycles. The molecule has 0 aliphatic rings. The van der Waals surface area contributed by atoms with Crippen molar-refractivity contribution in [3.05, 3.63) is 72.7 Å². The van der Waals surface area contributed by atoms with Crippen molar-refractivity contribution >= 4 is 15.8 Å². The number of sulfonamides is 1. The first kappa shape index (κ1) is 19.6. The topological polar surface area (TPSA) is 73.2 Å². The molecule has 146 valence electrons. The van der Waals surface area contributed by atoms with Crippen LogP contribution in [0.5, 0.6) is 5.75 Å². The van der Waals surface area contributed by atoms with E-state index in [-0.39, 0.29) is 16.5 Å². The SMILES string of the molecule is C=CCn1nc(NS(=O)(=O)c2ccccc2)c(-c2ccc(OC)c(F)c2)c1C. The number of rotatable bonds is 7. The lowest BCUT2D eigenvalue weighted by Gasteiger charge is -2.09. The number of nitrogens with zero attached hydrogens (tertiary/aromatic N) is 2. The van der Waals surface area contributed by atoms with E-state index in [1.807, 2.05) is 0 Å². The summed E-state index contributed by atoms with van der Waals surface area (Å²) in [7, 11) is -2.48. The minimum atomic E-state index is -3.86. The van der Waals surface area contributed by atoms with E-state index in [2.05, 4.69) is 16.4 Å². The third kappa shape index (κ3) is 3.77. The van der Waals surface area contributed by atoms with Crippen molar-refractivity contribution in [3.8, 4) is 16.9 Å². The van der Waals surface area contributed by atoms with Crippen LogP contribution < -0.4 is 9.46 Å². The van der Waals surface area contributed by atoms with E-state index < -0.39 is 15.8 Å². The van der Waals surface area contributed by atoms with Gasteiger partial charge in [0.1, 0.15) is 0 Å². The van der Waals surface area contributed by atoms with Crippen molar-refractivity contribution < 1.29 is 17.5 Å². The molecule has 0 radical (unpaired) electrons. The van der Waals surface area contributed by atoms with Crippen molar-refractivity contribution in [1.29, 1.82) is 0 Å². The van der Waals surface area contributed by atoms with Gasteiger partial charge in [-0.2, -0.15) is 5.10 Å². The van der Waals surface area contributed by atoms with Crippen LogP contribution in [0.3, 0.4) is 0 Å². The van der Waals surface area contributed by atoms with Gasteiger partial charge in [-0.05, 0) is 36.8 Å². The first-order valence-electron chi connectivity index (χ1n) is 8.47. The molecule has 1 N–H and O–H groups in total. The zero-order valence-corrected chi connectivity index (χ0v) is 16.3. The summed E-state index contributed by atoms with van der Waals surface area (Å²) in [5.74, 6) is -0.327. The molecule has 0 aliphatic heterocycles. The van der Waals surface area contributed by atoms with Gasteiger partial charge < -0.3 is 4.74 Å². The highest BCUT2D eigenvalue weighted by Gasteiger charge is 2.22. The monoisotopic (exact) mass is 401 g/mol. The maximum atomic E-state index is 14.3. The van der Waals surface area contributed by atoms with Gasteiger partial charge in [-0.3, -0.25) is 9.40 Å². The lowest BCUT2D eigenvalue weighted by molar-refractivity contribution is 0.386. The summed E-state index contributed by atoms with van der Waals surface area (Å²) in [5.41, 5.74) is 1.65. The van der Waals surface area contributed by atoms with Crippen LogP contribution in [0.4, 0.5) is 10.2 Å². The minimum absolute atomic E-state index is 0.103. The molecule has 0 atom stereocenters. The molecule has 2 aromatic carbocycles. The van der Waals surface area contributed by atoms with E-state index in [4.69, 9.17) is 4.74 Å². The number of methoxy groups -OCH3 is 1. The highest BCUT2D eigenvalue weighted by atomic mass is 32.2. The maximum Gasteiger partial charge on any atom is 0.263 e.